The van der Waals surface area contributed by atoms with E-state index < -0.39 is 0 Å². The third kappa shape index (κ3) is 4.76. The van der Waals surface area contributed by atoms with E-state index in [0.717, 1.165) is 68.1 Å². The lowest BCUT2D eigenvalue weighted by Gasteiger charge is -2.27. The summed E-state index contributed by atoms with van der Waals surface area (Å²) in [5.74, 6) is 1.47. The molecule has 2 heterocycles. The van der Waals surface area contributed by atoms with Crippen LogP contribution in [0.2, 0.25) is 0 Å². The standard InChI is InChI=1S/C17H24O5S/c1-18-23-17-13(21-15-9-2-4-11-19-15)7-6-8-14(17)22-16-10-3-5-12-20-16/h6-8,15-16H,2-5,9-12H2,1H3. The van der Waals surface area contributed by atoms with E-state index in [-0.39, 0.29) is 12.6 Å². The largest absolute Gasteiger partial charge is 0.464 e. The van der Waals surface area contributed by atoms with Gasteiger partial charge >= 0.3 is 0 Å². The maximum Gasteiger partial charge on any atom is 0.199 e. The van der Waals surface area contributed by atoms with Gasteiger partial charge in [0.1, 0.15) is 16.4 Å². The predicted octanol–water partition coefficient (Wildman–Crippen LogP) is 4.15. The third-order valence-electron chi connectivity index (χ3n) is 3.90. The molecule has 0 spiro atoms. The van der Waals surface area contributed by atoms with Crippen LogP contribution >= 0.6 is 12.0 Å². The normalized spacial score (nSPS) is 25.1. The fraction of sp³-hybridized carbons (Fsp3) is 0.647. The van der Waals surface area contributed by atoms with Gasteiger partial charge in [0.05, 0.1) is 20.3 Å². The molecule has 2 saturated heterocycles. The van der Waals surface area contributed by atoms with Crippen molar-refractivity contribution in [1.82, 2.24) is 0 Å². The molecule has 0 radical (unpaired) electrons. The fourth-order valence-corrected chi connectivity index (χ4v) is 3.30. The molecule has 2 atom stereocenters. The molecule has 0 bridgehead atoms. The number of rotatable bonds is 6. The van der Waals surface area contributed by atoms with Crippen LogP contribution in [-0.2, 0) is 13.7 Å². The Hall–Kier alpha value is -0.950. The van der Waals surface area contributed by atoms with E-state index in [4.69, 9.17) is 23.1 Å². The van der Waals surface area contributed by atoms with Gasteiger partial charge < -0.3 is 23.1 Å². The third-order valence-corrected chi connectivity index (χ3v) is 4.64. The first-order valence-electron chi connectivity index (χ1n) is 8.27. The molecule has 3 rings (SSSR count). The topological polar surface area (TPSA) is 46.2 Å². The van der Waals surface area contributed by atoms with Crippen molar-refractivity contribution in [3.8, 4) is 11.5 Å². The lowest BCUT2D eigenvalue weighted by molar-refractivity contribution is -0.111. The van der Waals surface area contributed by atoms with Crippen LogP contribution in [0.15, 0.2) is 23.1 Å². The van der Waals surface area contributed by atoms with E-state index in [1.165, 1.54) is 12.0 Å². The molecule has 23 heavy (non-hydrogen) atoms. The molecule has 1 aromatic rings. The van der Waals surface area contributed by atoms with Crippen molar-refractivity contribution in [2.75, 3.05) is 20.3 Å². The molecule has 0 amide bonds. The number of hydrogen-bond acceptors (Lipinski definition) is 6. The van der Waals surface area contributed by atoms with Gasteiger partial charge in [0.2, 0.25) is 0 Å². The van der Waals surface area contributed by atoms with E-state index in [1.807, 2.05) is 18.2 Å². The van der Waals surface area contributed by atoms with Crippen molar-refractivity contribution in [1.29, 1.82) is 0 Å². The van der Waals surface area contributed by atoms with Gasteiger partial charge in [-0.3, -0.25) is 0 Å². The second-order valence-electron chi connectivity index (χ2n) is 5.66. The first-order chi connectivity index (χ1) is 11.4. The van der Waals surface area contributed by atoms with Crippen LogP contribution in [0.25, 0.3) is 0 Å². The van der Waals surface area contributed by atoms with Crippen LogP contribution in [0.5, 0.6) is 11.5 Å². The molecule has 2 unspecified atom stereocenters. The number of benzene rings is 1. The Morgan fingerprint density at radius 1 is 0.913 bits per heavy atom. The van der Waals surface area contributed by atoms with E-state index in [9.17, 15) is 0 Å². The van der Waals surface area contributed by atoms with E-state index in [1.54, 1.807) is 7.11 Å². The lowest BCUT2D eigenvalue weighted by atomic mass is 10.2. The summed E-state index contributed by atoms with van der Waals surface area (Å²) in [6.07, 6.45) is 5.89. The van der Waals surface area contributed by atoms with Crippen LogP contribution < -0.4 is 9.47 Å². The first kappa shape index (κ1) is 16.9. The van der Waals surface area contributed by atoms with E-state index >= 15 is 0 Å². The van der Waals surface area contributed by atoms with Gasteiger partial charge in [-0.25, -0.2) is 0 Å². The molecule has 1 aromatic carbocycles. The molecule has 6 heteroatoms. The van der Waals surface area contributed by atoms with Crippen LogP contribution in [0, 0.1) is 0 Å². The fourth-order valence-electron chi connectivity index (χ4n) is 2.74. The highest BCUT2D eigenvalue weighted by atomic mass is 32.2. The molecule has 128 valence electrons. The van der Waals surface area contributed by atoms with Crippen LogP contribution in [0.1, 0.15) is 38.5 Å². The molecular weight excluding hydrogens is 316 g/mol. The summed E-state index contributed by atoms with van der Waals surface area (Å²) in [7, 11) is 1.64. The molecule has 2 aliphatic heterocycles. The Labute approximate surface area is 141 Å². The highest BCUT2D eigenvalue weighted by Gasteiger charge is 2.22. The van der Waals surface area contributed by atoms with Crippen LogP contribution in [0.4, 0.5) is 0 Å². The van der Waals surface area contributed by atoms with E-state index in [0.29, 0.717) is 0 Å². The summed E-state index contributed by atoms with van der Waals surface area (Å²) in [6, 6.07) is 5.78. The summed E-state index contributed by atoms with van der Waals surface area (Å²) in [5.41, 5.74) is 0. The van der Waals surface area contributed by atoms with E-state index in [2.05, 4.69) is 0 Å². The van der Waals surface area contributed by atoms with Gasteiger partial charge in [-0.05, 0) is 37.8 Å². The summed E-state index contributed by atoms with van der Waals surface area (Å²) in [6.45, 7) is 1.51. The summed E-state index contributed by atoms with van der Waals surface area (Å²) >= 11 is 1.24. The minimum atomic E-state index is -0.193. The zero-order valence-corrected chi connectivity index (χ0v) is 14.3. The minimum absolute atomic E-state index is 0.193. The van der Waals surface area contributed by atoms with Crippen molar-refractivity contribution in [2.24, 2.45) is 0 Å². The Kier molecular flexibility index (Phi) is 6.45. The Morgan fingerprint density at radius 3 is 1.91 bits per heavy atom. The predicted molar refractivity (Wildman–Crippen MR) is 87.7 cm³/mol. The molecule has 5 nitrogen and oxygen atoms in total. The van der Waals surface area contributed by atoms with Crippen molar-refractivity contribution < 1.29 is 23.1 Å². The number of ether oxygens (including phenoxy) is 4. The maximum absolute atomic E-state index is 6.02. The summed E-state index contributed by atoms with van der Waals surface area (Å²) in [4.78, 5) is 0.832. The second kappa shape index (κ2) is 8.78. The monoisotopic (exact) mass is 340 g/mol. The molecule has 2 fully saturated rings. The Bertz CT molecular complexity index is 446. The lowest BCUT2D eigenvalue weighted by Crippen LogP contribution is -2.26. The minimum Gasteiger partial charge on any atom is -0.464 e. The average Bonchev–Trinajstić information content (AvgIpc) is 2.60. The first-order valence-corrected chi connectivity index (χ1v) is 9.01. The van der Waals surface area contributed by atoms with Gasteiger partial charge in [-0.1, -0.05) is 6.07 Å². The smallest absolute Gasteiger partial charge is 0.199 e. The molecular formula is C17H24O5S. The number of hydrogen-bond donors (Lipinski definition) is 0. The van der Waals surface area contributed by atoms with Crippen molar-refractivity contribution in [3.05, 3.63) is 18.2 Å². The Morgan fingerprint density at radius 2 is 1.48 bits per heavy atom. The maximum atomic E-state index is 6.02. The zero-order valence-electron chi connectivity index (χ0n) is 13.5. The molecule has 0 aliphatic carbocycles. The highest BCUT2D eigenvalue weighted by Crippen LogP contribution is 2.40. The molecule has 0 N–H and O–H groups in total. The quantitative estimate of drug-likeness (QED) is 0.725. The zero-order chi connectivity index (χ0) is 15.9. The average molecular weight is 340 g/mol. The van der Waals surface area contributed by atoms with Gasteiger partial charge in [0.25, 0.3) is 0 Å². The van der Waals surface area contributed by atoms with Crippen LogP contribution in [0.3, 0.4) is 0 Å². The Balaban J connectivity index is 1.73. The summed E-state index contributed by atoms with van der Waals surface area (Å²) < 4.78 is 28.6. The second-order valence-corrected chi connectivity index (χ2v) is 6.57. The highest BCUT2D eigenvalue weighted by molar-refractivity contribution is 7.94. The van der Waals surface area contributed by atoms with Crippen molar-refractivity contribution >= 4 is 12.0 Å². The van der Waals surface area contributed by atoms with Gasteiger partial charge in [0.15, 0.2) is 12.6 Å². The van der Waals surface area contributed by atoms with Gasteiger partial charge in [-0.2, -0.15) is 0 Å². The van der Waals surface area contributed by atoms with Crippen molar-refractivity contribution in [3.63, 3.8) is 0 Å². The van der Waals surface area contributed by atoms with Gasteiger partial charge in [0, 0.05) is 24.9 Å². The van der Waals surface area contributed by atoms with Crippen LogP contribution in [-0.4, -0.2) is 32.9 Å². The summed E-state index contributed by atoms with van der Waals surface area (Å²) in [5, 5.41) is 0. The van der Waals surface area contributed by atoms with Gasteiger partial charge in [-0.15, -0.1) is 0 Å². The van der Waals surface area contributed by atoms with Crippen molar-refractivity contribution in [2.45, 2.75) is 56.0 Å². The molecule has 2 aliphatic rings. The molecule has 0 saturated carbocycles. The SMILES string of the molecule is COSc1c(OC2CCCCO2)cccc1OC1CCCCO1. The molecule has 0 aromatic heterocycles.